The lowest BCUT2D eigenvalue weighted by Gasteiger charge is -2.09. The van der Waals surface area contributed by atoms with Crippen LogP contribution in [0.25, 0.3) is 11.0 Å². The highest BCUT2D eigenvalue weighted by molar-refractivity contribution is 5.80. The van der Waals surface area contributed by atoms with Gasteiger partial charge in [0.25, 0.3) is 0 Å². The van der Waals surface area contributed by atoms with E-state index in [-0.39, 0.29) is 0 Å². The third kappa shape index (κ3) is 2.62. The number of nitrogens with zero attached hydrogens (tertiary/aromatic N) is 2. The average Bonchev–Trinajstić information content (AvgIpc) is 2.87. The Labute approximate surface area is 124 Å². The fourth-order valence-electron chi connectivity index (χ4n) is 2.66. The summed E-state index contributed by atoms with van der Waals surface area (Å²) in [5.41, 5.74) is 3.42. The van der Waals surface area contributed by atoms with Crippen molar-refractivity contribution in [2.75, 3.05) is 14.2 Å². The molecule has 21 heavy (non-hydrogen) atoms. The minimum absolute atomic E-state index is 0.751. The Bertz CT molecular complexity index is 749. The van der Waals surface area contributed by atoms with Crippen LogP contribution in [0.4, 0.5) is 0 Å². The molecule has 0 saturated heterocycles. The van der Waals surface area contributed by atoms with Crippen molar-refractivity contribution >= 4 is 11.0 Å². The van der Waals surface area contributed by atoms with Crippen molar-refractivity contribution in [3.8, 4) is 5.75 Å². The van der Waals surface area contributed by atoms with Crippen LogP contribution in [0, 0.1) is 0 Å². The Hall–Kier alpha value is -2.33. The third-order valence-corrected chi connectivity index (χ3v) is 3.62. The van der Waals surface area contributed by atoms with Gasteiger partial charge in [0.2, 0.25) is 0 Å². The van der Waals surface area contributed by atoms with Crippen LogP contribution < -0.4 is 10.1 Å². The van der Waals surface area contributed by atoms with Crippen LogP contribution in [0.1, 0.15) is 11.1 Å². The summed E-state index contributed by atoms with van der Waals surface area (Å²) in [6.07, 6.45) is 4.00. The largest absolute Gasteiger partial charge is 0.496 e. The highest BCUT2D eigenvalue weighted by Gasteiger charge is 2.10. The Kier molecular flexibility index (Phi) is 3.88. The molecule has 1 N–H and O–H groups in total. The second kappa shape index (κ2) is 5.97. The molecule has 0 aliphatic heterocycles. The van der Waals surface area contributed by atoms with E-state index < -0.39 is 0 Å². The molecule has 4 heteroatoms. The smallest absolute Gasteiger partial charge is 0.140 e. The molecule has 0 aliphatic carbocycles. The summed E-state index contributed by atoms with van der Waals surface area (Å²) in [6, 6.07) is 12.2. The summed E-state index contributed by atoms with van der Waals surface area (Å²) in [7, 11) is 3.66. The molecule has 0 radical (unpaired) electrons. The van der Waals surface area contributed by atoms with Crippen molar-refractivity contribution in [3.63, 3.8) is 0 Å². The minimum Gasteiger partial charge on any atom is -0.496 e. The van der Waals surface area contributed by atoms with E-state index in [9.17, 15) is 0 Å². The van der Waals surface area contributed by atoms with Crippen molar-refractivity contribution < 1.29 is 4.74 Å². The lowest BCUT2D eigenvalue weighted by molar-refractivity contribution is 0.408. The van der Waals surface area contributed by atoms with Crippen molar-refractivity contribution in [1.82, 2.24) is 14.9 Å². The summed E-state index contributed by atoms with van der Waals surface area (Å²) < 4.78 is 7.62. The Morgan fingerprint density at radius 1 is 1.14 bits per heavy atom. The van der Waals surface area contributed by atoms with Gasteiger partial charge in [-0.15, -0.1) is 0 Å². The standard InChI is InChI=1S/C17H19N3O/c1-18-10-14-12-20(17-15(14)7-5-9-19-17)11-13-6-3-4-8-16(13)21-2/h3-9,12,18H,10-11H2,1-2H3. The quantitative estimate of drug-likeness (QED) is 0.781. The summed E-state index contributed by atoms with van der Waals surface area (Å²) in [5, 5.41) is 4.41. The van der Waals surface area contributed by atoms with Crippen LogP contribution in [-0.4, -0.2) is 23.7 Å². The van der Waals surface area contributed by atoms with Crippen molar-refractivity contribution in [2.45, 2.75) is 13.1 Å². The fourth-order valence-corrected chi connectivity index (χ4v) is 2.66. The van der Waals surface area contributed by atoms with Gasteiger partial charge < -0.3 is 14.6 Å². The van der Waals surface area contributed by atoms with Gasteiger partial charge in [0.05, 0.1) is 13.7 Å². The van der Waals surface area contributed by atoms with E-state index in [1.165, 1.54) is 10.9 Å². The third-order valence-electron chi connectivity index (χ3n) is 3.62. The number of para-hydroxylation sites is 1. The first-order chi connectivity index (χ1) is 10.3. The first-order valence-electron chi connectivity index (χ1n) is 7.02. The predicted molar refractivity (Wildman–Crippen MR) is 84.6 cm³/mol. The highest BCUT2D eigenvalue weighted by Crippen LogP contribution is 2.23. The maximum absolute atomic E-state index is 5.44. The molecule has 0 fully saturated rings. The summed E-state index contributed by atoms with van der Waals surface area (Å²) >= 11 is 0. The molecule has 0 aliphatic rings. The zero-order valence-corrected chi connectivity index (χ0v) is 12.3. The van der Waals surface area contributed by atoms with Gasteiger partial charge in [-0.2, -0.15) is 0 Å². The van der Waals surface area contributed by atoms with E-state index in [0.29, 0.717) is 0 Å². The number of nitrogens with one attached hydrogen (secondary N) is 1. The number of pyridine rings is 1. The van der Waals surface area contributed by atoms with Gasteiger partial charge in [0, 0.05) is 29.9 Å². The first kappa shape index (κ1) is 13.6. The number of benzene rings is 1. The molecule has 3 aromatic rings. The van der Waals surface area contributed by atoms with Crippen LogP contribution in [-0.2, 0) is 13.1 Å². The van der Waals surface area contributed by atoms with Crippen molar-refractivity contribution in [2.24, 2.45) is 0 Å². The molecule has 1 aromatic carbocycles. The molecule has 2 aromatic heterocycles. The average molecular weight is 281 g/mol. The van der Waals surface area contributed by atoms with Crippen LogP contribution in [0.15, 0.2) is 48.8 Å². The van der Waals surface area contributed by atoms with E-state index >= 15 is 0 Å². The molecule has 2 heterocycles. The SMILES string of the molecule is CNCc1cn(Cc2ccccc2OC)c2ncccc12. The normalized spacial score (nSPS) is 11.0. The molecule has 3 rings (SSSR count). The minimum atomic E-state index is 0.751. The highest BCUT2D eigenvalue weighted by atomic mass is 16.5. The van der Waals surface area contributed by atoms with E-state index in [1.807, 2.05) is 37.5 Å². The maximum Gasteiger partial charge on any atom is 0.140 e. The molecule has 0 saturated carbocycles. The second-order valence-electron chi connectivity index (χ2n) is 5.00. The van der Waals surface area contributed by atoms with E-state index in [2.05, 4.69) is 33.2 Å². The molecule has 0 unspecified atom stereocenters. The van der Waals surface area contributed by atoms with Crippen LogP contribution in [0.5, 0.6) is 5.75 Å². The zero-order valence-electron chi connectivity index (χ0n) is 12.3. The van der Waals surface area contributed by atoms with Gasteiger partial charge in [-0.05, 0) is 30.8 Å². The van der Waals surface area contributed by atoms with E-state index in [4.69, 9.17) is 4.74 Å². The molecule has 4 nitrogen and oxygen atoms in total. The molecular formula is C17H19N3O. The number of methoxy groups -OCH3 is 1. The summed E-state index contributed by atoms with van der Waals surface area (Å²) in [5.74, 6) is 0.908. The molecule has 0 spiro atoms. The lowest BCUT2D eigenvalue weighted by atomic mass is 10.2. The van der Waals surface area contributed by atoms with Crippen molar-refractivity contribution in [3.05, 3.63) is 59.9 Å². The van der Waals surface area contributed by atoms with Gasteiger partial charge in [0.1, 0.15) is 11.4 Å². The van der Waals surface area contributed by atoms with Gasteiger partial charge >= 0.3 is 0 Å². The Morgan fingerprint density at radius 2 is 2.00 bits per heavy atom. The lowest BCUT2D eigenvalue weighted by Crippen LogP contribution is -2.04. The number of hydrogen-bond acceptors (Lipinski definition) is 3. The number of hydrogen-bond donors (Lipinski definition) is 1. The maximum atomic E-state index is 5.44. The predicted octanol–water partition coefficient (Wildman–Crippen LogP) is 2.81. The topological polar surface area (TPSA) is 39.1 Å². The van der Waals surface area contributed by atoms with E-state index in [1.54, 1.807) is 7.11 Å². The van der Waals surface area contributed by atoms with Crippen LogP contribution in [0.2, 0.25) is 0 Å². The number of aromatic nitrogens is 2. The summed E-state index contributed by atoms with van der Waals surface area (Å²) in [6.45, 7) is 1.59. The van der Waals surface area contributed by atoms with Crippen molar-refractivity contribution in [1.29, 1.82) is 0 Å². The van der Waals surface area contributed by atoms with E-state index in [0.717, 1.165) is 30.0 Å². The number of ether oxygens (including phenoxy) is 1. The molecule has 0 amide bonds. The zero-order chi connectivity index (χ0) is 14.7. The Balaban J connectivity index is 2.04. The van der Waals surface area contributed by atoms with Gasteiger partial charge in [-0.3, -0.25) is 0 Å². The summed E-state index contributed by atoms with van der Waals surface area (Å²) in [4.78, 5) is 4.53. The molecule has 0 bridgehead atoms. The second-order valence-corrected chi connectivity index (χ2v) is 5.00. The monoisotopic (exact) mass is 281 g/mol. The van der Waals surface area contributed by atoms with Gasteiger partial charge in [-0.25, -0.2) is 4.98 Å². The first-order valence-corrected chi connectivity index (χ1v) is 7.02. The molecule has 108 valence electrons. The van der Waals surface area contributed by atoms with Gasteiger partial charge in [-0.1, -0.05) is 18.2 Å². The molecule has 0 atom stereocenters. The van der Waals surface area contributed by atoms with Gasteiger partial charge in [0.15, 0.2) is 0 Å². The Morgan fingerprint density at radius 3 is 2.81 bits per heavy atom. The number of rotatable bonds is 5. The fraction of sp³-hybridized carbons (Fsp3) is 0.235. The van der Waals surface area contributed by atoms with Crippen LogP contribution in [0.3, 0.4) is 0 Å². The number of fused-ring (bicyclic) bond motifs is 1. The van der Waals surface area contributed by atoms with Crippen LogP contribution >= 0.6 is 0 Å². The molecular weight excluding hydrogens is 262 g/mol.